The summed E-state index contributed by atoms with van der Waals surface area (Å²) in [4.78, 5) is 0. The van der Waals surface area contributed by atoms with Crippen molar-refractivity contribution in [2.75, 3.05) is 0 Å². The van der Waals surface area contributed by atoms with Gasteiger partial charge in [0.2, 0.25) is 0 Å². The number of nitrogens with one attached hydrogen (secondary N) is 1. The third-order valence-electron chi connectivity index (χ3n) is 4.17. The molecule has 0 aliphatic heterocycles. The fraction of sp³-hybridized carbons (Fsp3) is 0.263. The summed E-state index contributed by atoms with van der Waals surface area (Å²) in [6.07, 6.45) is 6.43. The largest absolute Gasteiger partial charge is 0.387 e. The molecule has 1 unspecified atom stereocenters. The molecule has 0 amide bonds. The van der Waals surface area contributed by atoms with E-state index in [2.05, 4.69) is 23.5 Å². The maximum absolute atomic E-state index is 10.8. The number of hydrogen-bond donors (Lipinski definition) is 2. The molecule has 2 N–H and O–H groups in total. The highest BCUT2D eigenvalue weighted by Gasteiger charge is 2.34. The van der Waals surface area contributed by atoms with E-state index in [0.717, 1.165) is 24.9 Å². The Labute approximate surface area is 126 Å². The van der Waals surface area contributed by atoms with E-state index in [1.807, 2.05) is 48.7 Å². The van der Waals surface area contributed by atoms with Crippen LogP contribution >= 0.6 is 0 Å². The molecule has 0 radical (unpaired) electrons. The molecule has 21 heavy (non-hydrogen) atoms. The number of aryl methyl sites for hydroxylation is 1. The van der Waals surface area contributed by atoms with Crippen molar-refractivity contribution < 1.29 is 5.11 Å². The molecule has 0 bridgehead atoms. The summed E-state index contributed by atoms with van der Waals surface area (Å²) in [7, 11) is 0. The Bertz CT molecular complexity index is 620. The van der Waals surface area contributed by atoms with Gasteiger partial charge in [-0.25, -0.2) is 0 Å². The topological polar surface area (TPSA) is 32.3 Å². The standard InChI is InChI=1S/C19H21NO/c21-19(13-11-17-9-4-5-10-18(17)19)12-6-14-20-15-16-7-2-1-3-8-16/h1-10,14,20-21H,11-13,15H2. The molecule has 2 heteroatoms. The molecule has 0 fully saturated rings. The second-order valence-electron chi connectivity index (χ2n) is 5.66. The van der Waals surface area contributed by atoms with Crippen molar-refractivity contribution >= 4 is 0 Å². The first-order valence-electron chi connectivity index (χ1n) is 7.51. The summed E-state index contributed by atoms with van der Waals surface area (Å²) in [5, 5.41) is 14.1. The molecule has 2 nitrogen and oxygen atoms in total. The first kappa shape index (κ1) is 13.9. The summed E-state index contributed by atoms with van der Waals surface area (Å²) in [5.74, 6) is 0. The number of rotatable bonds is 5. The average Bonchev–Trinajstić information content (AvgIpc) is 2.86. The molecule has 1 aliphatic carbocycles. The maximum Gasteiger partial charge on any atom is 0.0937 e. The molecule has 2 aromatic carbocycles. The van der Waals surface area contributed by atoms with Gasteiger partial charge in [0.25, 0.3) is 0 Å². The lowest BCUT2D eigenvalue weighted by Gasteiger charge is -2.22. The molecule has 108 valence electrons. The van der Waals surface area contributed by atoms with Crippen LogP contribution in [0.15, 0.2) is 66.9 Å². The first-order valence-corrected chi connectivity index (χ1v) is 7.51. The van der Waals surface area contributed by atoms with Gasteiger partial charge in [-0.05, 0) is 35.7 Å². The van der Waals surface area contributed by atoms with E-state index in [1.165, 1.54) is 11.1 Å². The van der Waals surface area contributed by atoms with Crippen molar-refractivity contribution in [3.63, 3.8) is 0 Å². The van der Waals surface area contributed by atoms with Gasteiger partial charge < -0.3 is 10.4 Å². The molecule has 0 spiro atoms. The van der Waals surface area contributed by atoms with E-state index in [0.29, 0.717) is 6.42 Å². The minimum Gasteiger partial charge on any atom is -0.387 e. The summed E-state index contributed by atoms with van der Waals surface area (Å²) < 4.78 is 0. The number of hydrogen-bond acceptors (Lipinski definition) is 2. The third-order valence-corrected chi connectivity index (χ3v) is 4.17. The highest BCUT2D eigenvalue weighted by Crippen LogP contribution is 2.39. The van der Waals surface area contributed by atoms with Crippen LogP contribution in [0.2, 0.25) is 0 Å². The van der Waals surface area contributed by atoms with E-state index in [1.54, 1.807) is 0 Å². The lowest BCUT2D eigenvalue weighted by atomic mass is 9.92. The van der Waals surface area contributed by atoms with Gasteiger partial charge in [-0.1, -0.05) is 60.7 Å². The van der Waals surface area contributed by atoms with Crippen LogP contribution in [0.4, 0.5) is 0 Å². The Morgan fingerprint density at radius 2 is 1.81 bits per heavy atom. The van der Waals surface area contributed by atoms with Crippen LogP contribution in [-0.2, 0) is 18.6 Å². The van der Waals surface area contributed by atoms with Gasteiger partial charge in [0.1, 0.15) is 0 Å². The van der Waals surface area contributed by atoms with Crippen molar-refractivity contribution in [3.05, 3.63) is 83.6 Å². The quantitative estimate of drug-likeness (QED) is 0.878. The van der Waals surface area contributed by atoms with Crippen LogP contribution in [0.25, 0.3) is 0 Å². The molecule has 0 aromatic heterocycles. The van der Waals surface area contributed by atoms with Crippen LogP contribution in [-0.4, -0.2) is 5.11 Å². The summed E-state index contributed by atoms with van der Waals surface area (Å²) in [6, 6.07) is 18.5. The average molecular weight is 279 g/mol. The summed E-state index contributed by atoms with van der Waals surface area (Å²) in [6.45, 7) is 0.812. The molecule has 0 saturated heterocycles. The third kappa shape index (κ3) is 3.17. The molecule has 1 aliphatic rings. The fourth-order valence-electron chi connectivity index (χ4n) is 2.99. The Morgan fingerprint density at radius 1 is 1.05 bits per heavy atom. The lowest BCUT2D eigenvalue weighted by Crippen LogP contribution is -2.21. The van der Waals surface area contributed by atoms with Gasteiger partial charge in [-0.3, -0.25) is 0 Å². The smallest absolute Gasteiger partial charge is 0.0937 e. The predicted molar refractivity (Wildman–Crippen MR) is 85.7 cm³/mol. The van der Waals surface area contributed by atoms with Crippen molar-refractivity contribution in [1.29, 1.82) is 0 Å². The van der Waals surface area contributed by atoms with Crippen LogP contribution in [0.3, 0.4) is 0 Å². The maximum atomic E-state index is 10.8. The normalized spacial score (nSPS) is 20.6. The Balaban J connectivity index is 1.55. The Hall–Kier alpha value is -2.06. The van der Waals surface area contributed by atoms with Crippen LogP contribution in [0.5, 0.6) is 0 Å². The molecule has 3 rings (SSSR count). The Morgan fingerprint density at radius 3 is 2.67 bits per heavy atom. The molecule has 0 saturated carbocycles. The predicted octanol–water partition coefficient (Wildman–Crippen LogP) is 3.51. The van der Waals surface area contributed by atoms with E-state index in [-0.39, 0.29) is 0 Å². The zero-order valence-corrected chi connectivity index (χ0v) is 12.1. The zero-order valence-electron chi connectivity index (χ0n) is 12.1. The minimum absolute atomic E-state index is 0.659. The van der Waals surface area contributed by atoms with Crippen molar-refractivity contribution in [2.24, 2.45) is 0 Å². The molecular weight excluding hydrogens is 258 g/mol. The molecule has 2 aromatic rings. The highest BCUT2D eigenvalue weighted by molar-refractivity contribution is 5.37. The summed E-state index contributed by atoms with van der Waals surface area (Å²) >= 11 is 0. The first-order chi connectivity index (χ1) is 10.3. The van der Waals surface area contributed by atoms with Gasteiger partial charge in [-0.15, -0.1) is 0 Å². The van der Waals surface area contributed by atoms with Crippen LogP contribution in [0, 0.1) is 0 Å². The van der Waals surface area contributed by atoms with E-state index in [9.17, 15) is 5.11 Å². The van der Waals surface area contributed by atoms with Crippen LogP contribution < -0.4 is 5.32 Å². The SMILES string of the molecule is OC1(CC=CNCc2ccccc2)CCc2ccccc21. The van der Waals surface area contributed by atoms with Gasteiger partial charge in [0.15, 0.2) is 0 Å². The van der Waals surface area contributed by atoms with Gasteiger partial charge in [0.05, 0.1) is 5.60 Å². The number of aliphatic hydroxyl groups is 1. The number of fused-ring (bicyclic) bond motifs is 1. The van der Waals surface area contributed by atoms with Gasteiger partial charge >= 0.3 is 0 Å². The van der Waals surface area contributed by atoms with Gasteiger partial charge in [0, 0.05) is 13.0 Å². The Kier molecular flexibility index (Phi) is 4.07. The highest BCUT2D eigenvalue weighted by atomic mass is 16.3. The fourth-order valence-corrected chi connectivity index (χ4v) is 2.99. The van der Waals surface area contributed by atoms with Crippen molar-refractivity contribution in [1.82, 2.24) is 5.32 Å². The monoisotopic (exact) mass is 279 g/mol. The van der Waals surface area contributed by atoms with Crippen molar-refractivity contribution in [2.45, 2.75) is 31.4 Å². The summed E-state index contributed by atoms with van der Waals surface area (Å²) in [5.41, 5.74) is 2.94. The molecule has 1 atom stereocenters. The zero-order chi connectivity index (χ0) is 14.5. The minimum atomic E-state index is -0.693. The van der Waals surface area contributed by atoms with E-state index >= 15 is 0 Å². The van der Waals surface area contributed by atoms with E-state index in [4.69, 9.17) is 0 Å². The lowest BCUT2D eigenvalue weighted by molar-refractivity contribution is 0.0417. The van der Waals surface area contributed by atoms with E-state index < -0.39 is 5.60 Å². The number of benzene rings is 2. The molecular formula is C19H21NO. The second-order valence-corrected chi connectivity index (χ2v) is 5.66. The van der Waals surface area contributed by atoms with Gasteiger partial charge in [-0.2, -0.15) is 0 Å². The molecule has 0 heterocycles. The van der Waals surface area contributed by atoms with Crippen LogP contribution in [0.1, 0.15) is 29.5 Å². The van der Waals surface area contributed by atoms with Crippen molar-refractivity contribution in [3.8, 4) is 0 Å². The second kappa shape index (κ2) is 6.15.